The molecule has 0 aliphatic heterocycles. The van der Waals surface area contributed by atoms with Crippen molar-refractivity contribution in [3.05, 3.63) is 11.1 Å². The third kappa shape index (κ3) is 1.72. The molecule has 60 valence electrons. The predicted molar refractivity (Wildman–Crippen MR) is 39.0 cm³/mol. The molecule has 1 rings (SSSR count). The molecular weight excluding hydrogens is 166 g/mol. The zero-order chi connectivity index (χ0) is 8.27. The zero-order valence-electron chi connectivity index (χ0n) is 6.14. The van der Waals surface area contributed by atoms with Crippen LogP contribution < -0.4 is 0 Å². The van der Waals surface area contributed by atoms with Gasteiger partial charge in [0.2, 0.25) is 0 Å². The first-order valence-electron chi connectivity index (χ1n) is 2.85. The summed E-state index contributed by atoms with van der Waals surface area (Å²) in [5, 5.41) is 6.24. The molecule has 1 amide bonds. The van der Waals surface area contributed by atoms with Gasteiger partial charge in [0.15, 0.2) is 5.69 Å². The van der Waals surface area contributed by atoms with Crippen LogP contribution in [0.4, 0.5) is 0 Å². The molecule has 0 fully saturated rings. The molecule has 0 N–H and O–H groups in total. The van der Waals surface area contributed by atoms with Gasteiger partial charge in [-0.25, -0.2) is 5.06 Å². The smallest absolute Gasteiger partial charge is 0.274 e. The van der Waals surface area contributed by atoms with E-state index < -0.39 is 0 Å². The van der Waals surface area contributed by atoms with Gasteiger partial charge in [-0.15, -0.1) is 5.10 Å². The van der Waals surface area contributed by atoms with Crippen molar-refractivity contribution in [1.82, 2.24) is 14.7 Å². The second-order valence-corrected chi connectivity index (χ2v) is 2.39. The molecule has 0 saturated heterocycles. The SMILES string of the molecule is CON(C)C(=O)c1csnn1. The number of hydrogen-bond donors (Lipinski definition) is 0. The lowest BCUT2D eigenvalue weighted by molar-refractivity contribution is -0.0760. The van der Waals surface area contributed by atoms with E-state index in [0.717, 1.165) is 16.6 Å². The van der Waals surface area contributed by atoms with E-state index in [0.29, 0.717) is 5.69 Å². The standard InChI is InChI=1S/C5H7N3O2S/c1-8(10-2)5(9)4-3-11-7-6-4/h3H,1-2H3. The lowest BCUT2D eigenvalue weighted by atomic mass is 10.5. The van der Waals surface area contributed by atoms with Crippen molar-refractivity contribution in [2.45, 2.75) is 0 Å². The van der Waals surface area contributed by atoms with Crippen molar-refractivity contribution < 1.29 is 9.63 Å². The maximum atomic E-state index is 11.1. The second kappa shape index (κ2) is 3.40. The summed E-state index contributed by atoms with van der Waals surface area (Å²) in [7, 11) is 2.93. The number of carbonyl (C=O) groups is 1. The number of nitrogens with zero attached hydrogens (tertiary/aromatic N) is 3. The van der Waals surface area contributed by atoms with Gasteiger partial charge in [0.05, 0.1) is 7.11 Å². The molecule has 11 heavy (non-hydrogen) atoms. The van der Waals surface area contributed by atoms with Crippen molar-refractivity contribution in [2.75, 3.05) is 14.2 Å². The minimum absolute atomic E-state index is 0.291. The number of aromatic nitrogens is 2. The van der Waals surface area contributed by atoms with E-state index in [1.165, 1.54) is 14.2 Å². The quantitative estimate of drug-likeness (QED) is 0.598. The maximum absolute atomic E-state index is 11.1. The Kier molecular flexibility index (Phi) is 2.50. The van der Waals surface area contributed by atoms with Crippen LogP contribution in [0.15, 0.2) is 5.38 Å². The first-order chi connectivity index (χ1) is 5.25. The molecule has 0 aliphatic carbocycles. The van der Waals surface area contributed by atoms with E-state index >= 15 is 0 Å². The van der Waals surface area contributed by atoms with Crippen LogP contribution in [0.2, 0.25) is 0 Å². The molecule has 0 atom stereocenters. The fourth-order valence-corrected chi connectivity index (χ4v) is 0.932. The van der Waals surface area contributed by atoms with E-state index in [-0.39, 0.29) is 5.91 Å². The Balaban J connectivity index is 2.70. The largest absolute Gasteiger partial charge is 0.298 e. The molecule has 1 aromatic heterocycles. The van der Waals surface area contributed by atoms with E-state index in [4.69, 9.17) is 0 Å². The lowest BCUT2D eigenvalue weighted by Crippen LogP contribution is -2.25. The maximum Gasteiger partial charge on any atom is 0.298 e. The first-order valence-corrected chi connectivity index (χ1v) is 3.68. The van der Waals surface area contributed by atoms with Gasteiger partial charge in [0.1, 0.15) is 0 Å². The average molecular weight is 173 g/mol. The van der Waals surface area contributed by atoms with Crippen molar-refractivity contribution in [3.63, 3.8) is 0 Å². The third-order valence-electron chi connectivity index (χ3n) is 1.14. The summed E-state index contributed by atoms with van der Waals surface area (Å²) in [5.74, 6) is -0.291. The van der Waals surface area contributed by atoms with Crippen LogP contribution in [-0.4, -0.2) is 34.7 Å². The van der Waals surface area contributed by atoms with E-state index in [9.17, 15) is 4.79 Å². The summed E-state index contributed by atoms with van der Waals surface area (Å²) >= 11 is 1.13. The monoisotopic (exact) mass is 173 g/mol. The van der Waals surface area contributed by atoms with Gasteiger partial charge >= 0.3 is 0 Å². The van der Waals surface area contributed by atoms with Gasteiger partial charge in [-0.1, -0.05) is 4.49 Å². The normalized spacial score (nSPS) is 9.64. The summed E-state index contributed by atoms with van der Waals surface area (Å²) in [6.45, 7) is 0. The predicted octanol–water partition coefficient (Wildman–Crippen LogP) is 0.171. The second-order valence-electron chi connectivity index (χ2n) is 1.78. The Bertz CT molecular complexity index is 236. The molecule has 0 unspecified atom stereocenters. The van der Waals surface area contributed by atoms with Crippen LogP contribution in [0.1, 0.15) is 10.5 Å². The Morgan fingerprint density at radius 2 is 2.55 bits per heavy atom. The van der Waals surface area contributed by atoms with Gasteiger partial charge in [-0.05, 0) is 11.5 Å². The molecular formula is C5H7N3O2S. The van der Waals surface area contributed by atoms with Crippen molar-refractivity contribution in [3.8, 4) is 0 Å². The Labute approximate surface area is 67.7 Å². The highest BCUT2D eigenvalue weighted by Crippen LogP contribution is 2.00. The molecule has 0 radical (unpaired) electrons. The van der Waals surface area contributed by atoms with Gasteiger partial charge in [-0.2, -0.15) is 0 Å². The highest BCUT2D eigenvalue weighted by atomic mass is 32.1. The third-order valence-corrected chi connectivity index (χ3v) is 1.64. The minimum Gasteiger partial charge on any atom is -0.274 e. The number of hydroxylamine groups is 2. The van der Waals surface area contributed by atoms with Crippen molar-refractivity contribution >= 4 is 17.4 Å². The summed E-state index contributed by atoms with van der Waals surface area (Å²) in [4.78, 5) is 15.8. The van der Waals surface area contributed by atoms with Crippen molar-refractivity contribution in [1.29, 1.82) is 0 Å². The minimum atomic E-state index is -0.291. The van der Waals surface area contributed by atoms with Gasteiger partial charge in [0, 0.05) is 12.4 Å². The van der Waals surface area contributed by atoms with Gasteiger partial charge in [-0.3, -0.25) is 9.63 Å². The highest BCUT2D eigenvalue weighted by molar-refractivity contribution is 7.03. The van der Waals surface area contributed by atoms with E-state index in [1.807, 2.05) is 0 Å². The highest BCUT2D eigenvalue weighted by Gasteiger charge is 2.13. The van der Waals surface area contributed by atoms with Crippen LogP contribution in [0.25, 0.3) is 0 Å². The number of amides is 1. The number of carbonyl (C=O) groups excluding carboxylic acids is 1. The molecule has 0 bridgehead atoms. The Hall–Kier alpha value is -1.01. The average Bonchev–Trinajstić information content (AvgIpc) is 2.53. The fraction of sp³-hybridized carbons (Fsp3) is 0.400. The summed E-state index contributed by atoms with van der Waals surface area (Å²) in [5.41, 5.74) is 0.305. The van der Waals surface area contributed by atoms with Gasteiger partial charge < -0.3 is 0 Å². The number of rotatable bonds is 2. The molecule has 1 heterocycles. The summed E-state index contributed by atoms with van der Waals surface area (Å²) in [6, 6.07) is 0. The Morgan fingerprint density at radius 3 is 3.00 bits per heavy atom. The van der Waals surface area contributed by atoms with Gasteiger partial charge in [0.25, 0.3) is 5.91 Å². The van der Waals surface area contributed by atoms with Crippen molar-refractivity contribution in [2.24, 2.45) is 0 Å². The molecule has 6 heteroatoms. The van der Waals surface area contributed by atoms with E-state index in [2.05, 4.69) is 14.4 Å². The molecule has 0 aliphatic rings. The topological polar surface area (TPSA) is 55.3 Å². The van der Waals surface area contributed by atoms with E-state index in [1.54, 1.807) is 5.38 Å². The van der Waals surface area contributed by atoms with Crippen LogP contribution >= 0.6 is 11.5 Å². The first kappa shape index (κ1) is 8.09. The number of hydrogen-bond acceptors (Lipinski definition) is 5. The van der Waals surface area contributed by atoms with Crippen LogP contribution in [0.5, 0.6) is 0 Å². The lowest BCUT2D eigenvalue weighted by Gasteiger charge is -2.10. The van der Waals surface area contributed by atoms with Crippen LogP contribution in [-0.2, 0) is 4.84 Å². The summed E-state index contributed by atoms with van der Waals surface area (Å²) < 4.78 is 3.55. The van der Waals surface area contributed by atoms with Crippen LogP contribution in [0.3, 0.4) is 0 Å². The molecule has 5 nitrogen and oxygen atoms in total. The fourth-order valence-electron chi connectivity index (χ4n) is 0.502. The molecule has 0 spiro atoms. The molecule has 1 aromatic rings. The molecule has 0 saturated carbocycles. The van der Waals surface area contributed by atoms with Crippen LogP contribution in [0, 0.1) is 0 Å². The summed E-state index contributed by atoms with van der Waals surface area (Å²) in [6.07, 6.45) is 0. The molecule has 0 aromatic carbocycles. The Morgan fingerprint density at radius 1 is 1.82 bits per heavy atom. The zero-order valence-corrected chi connectivity index (χ0v) is 6.96.